The Bertz CT molecular complexity index is 954. The number of nitrogens with zero attached hydrogens (tertiary/aromatic N) is 1. The van der Waals surface area contributed by atoms with E-state index in [1.165, 1.54) is 11.3 Å². The molecule has 0 aliphatic carbocycles. The Balaban J connectivity index is 1.70. The normalized spacial score (nSPS) is 16.6. The fourth-order valence-corrected chi connectivity index (χ4v) is 4.10. The third kappa shape index (κ3) is 3.75. The second kappa shape index (κ2) is 7.72. The number of hydrogen-bond acceptors (Lipinski definition) is 4. The number of thiazole rings is 1. The Kier molecular flexibility index (Phi) is 4.98. The molecule has 0 saturated carbocycles. The summed E-state index contributed by atoms with van der Waals surface area (Å²) in [7, 11) is 0. The average molecular weight is 377 g/mol. The Labute approximate surface area is 161 Å². The highest BCUT2D eigenvalue weighted by molar-refractivity contribution is 7.17. The first-order chi connectivity index (χ1) is 13.2. The van der Waals surface area contributed by atoms with Gasteiger partial charge in [0.25, 0.3) is 5.91 Å². The maximum Gasteiger partial charge on any atom is 0.264 e. The van der Waals surface area contributed by atoms with Gasteiger partial charge in [0.15, 0.2) is 0 Å². The number of nitrogens with one attached hydrogen (secondary N) is 2. The lowest BCUT2D eigenvalue weighted by molar-refractivity contribution is -0.124. The van der Waals surface area contributed by atoms with E-state index in [2.05, 4.69) is 10.6 Å². The third-order valence-corrected chi connectivity index (χ3v) is 5.60. The van der Waals surface area contributed by atoms with E-state index < -0.39 is 6.04 Å². The van der Waals surface area contributed by atoms with Gasteiger partial charge >= 0.3 is 0 Å². The van der Waals surface area contributed by atoms with Crippen molar-refractivity contribution in [2.75, 3.05) is 6.54 Å². The summed E-state index contributed by atoms with van der Waals surface area (Å²) in [6.07, 6.45) is 1.52. The summed E-state index contributed by atoms with van der Waals surface area (Å²) in [5.74, 6) is -0.376. The molecule has 0 spiro atoms. The van der Waals surface area contributed by atoms with Crippen LogP contribution in [0.5, 0.6) is 0 Å². The van der Waals surface area contributed by atoms with Crippen molar-refractivity contribution < 1.29 is 9.59 Å². The minimum atomic E-state index is -0.489. The third-order valence-electron chi connectivity index (χ3n) is 4.49. The molecule has 6 heteroatoms. The molecule has 4 rings (SSSR count). The second-order valence-electron chi connectivity index (χ2n) is 6.39. The molecule has 27 heavy (non-hydrogen) atoms. The summed E-state index contributed by atoms with van der Waals surface area (Å²) in [4.78, 5) is 30.2. The largest absolute Gasteiger partial charge is 0.354 e. The summed E-state index contributed by atoms with van der Waals surface area (Å²) in [6.45, 7) is 0.666. The van der Waals surface area contributed by atoms with Crippen LogP contribution < -0.4 is 10.6 Å². The summed E-state index contributed by atoms with van der Waals surface area (Å²) in [5, 5.41) is 6.46. The van der Waals surface area contributed by atoms with Gasteiger partial charge in [-0.25, -0.2) is 4.98 Å². The Morgan fingerprint density at radius 3 is 2.37 bits per heavy atom. The molecule has 136 valence electrons. The second-order valence-corrected chi connectivity index (χ2v) is 7.39. The maximum absolute atomic E-state index is 13.0. The van der Waals surface area contributed by atoms with E-state index in [0.717, 1.165) is 22.6 Å². The van der Waals surface area contributed by atoms with Crippen LogP contribution in [0, 0.1) is 0 Å². The van der Waals surface area contributed by atoms with Crippen molar-refractivity contribution in [1.82, 2.24) is 15.6 Å². The van der Waals surface area contributed by atoms with Gasteiger partial charge in [0.2, 0.25) is 5.91 Å². The molecule has 1 atom stereocenters. The molecular formula is C21H19N3O2S. The molecular weight excluding hydrogens is 358 g/mol. The Hall–Kier alpha value is -2.99. The van der Waals surface area contributed by atoms with Crippen LogP contribution in [0.25, 0.3) is 21.8 Å². The summed E-state index contributed by atoms with van der Waals surface area (Å²) >= 11 is 1.35. The SMILES string of the molecule is O=C(NC1CCCNC1=O)c1sc(-c2ccccc2)nc1-c1ccccc1. The number of rotatable bonds is 4. The zero-order valence-electron chi connectivity index (χ0n) is 14.6. The Morgan fingerprint density at radius 2 is 1.70 bits per heavy atom. The molecule has 1 unspecified atom stereocenters. The van der Waals surface area contributed by atoms with Gasteiger partial charge < -0.3 is 10.6 Å². The molecule has 1 aliphatic rings. The fourth-order valence-electron chi connectivity index (χ4n) is 3.10. The number of carbonyl (C=O) groups is 2. The number of aromatic nitrogens is 1. The van der Waals surface area contributed by atoms with Crippen LogP contribution in [0.15, 0.2) is 60.7 Å². The molecule has 2 N–H and O–H groups in total. The maximum atomic E-state index is 13.0. The van der Waals surface area contributed by atoms with Gasteiger partial charge in [0, 0.05) is 17.7 Å². The molecule has 3 aromatic rings. The quantitative estimate of drug-likeness (QED) is 0.731. The molecule has 1 aliphatic heterocycles. The fraction of sp³-hybridized carbons (Fsp3) is 0.190. The molecule has 0 bridgehead atoms. The van der Waals surface area contributed by atoms with Crippen LogP contribution in [0.3, 0.4) is 0 Å². The number of amides is 2. The average Bonchev–Trinajstić information content (AvgIpc) is 3.17. The molecule has 2 amide bonds. The molecule has 2 aromatic carbocycles. The van der Waals surface area contributed by atoms with E-state index >= 15 is 0 Å². The van der Waals surface area contributed by atoms with E-state index in [0.29, 0.717) is 23.5 Å². The van der Waals surface area contributed by atoms with Crippen molar-refractivity contribution in [3.05, 3.63) is 65.5 Å². The highest BCUT2D eigenvalue weighted by atomic mass is 32.1. The zero-order valence-corrected chi connectivity index (χ0v) is 15.5. The molecule has 1 saturated heterocycles. The first-order valence-corrected chi connectivity index (χ1v) is 9.74. The lowest BCUT2D eigenvalue weighted by Crippen LogP contribution is -2.50. The van der Waals surface area contributed by atoms with Gasteiger partial charge in [-0.15, -0.1) is 11.3 Å². The highest BCUT2D eigenvalue weighted by Crippen LogP contribution is 2.34. The monoisotopic (exact) mass is 377 g/mol. The number of benzene rings is 2. The smallest absolute Gasteiger partial charge is 0.264 e. The minimum absolute atomic E-state index is 0.122. The van der Waals surface area contributed by atoms with Gasteiger partial charge in [0.05, 0.1) is 5.69 Å². The van der Waals surface area contributed by atoms with Crippen LogP contribution in [0.2, 0.25) is 0 Å². The van der Waals surface area contributed by atoms with Crippen molar-refractivity contribution in [3.8, 4) is 21.8 Å². The highest BCUT2D eigenvalue weighted by Gasteiger charge is 2.27. The van der Waals surface area contributed by atoms with Crippen LogP contribution in [0.4, 0.5) is 0 Å². The predicted molar refractivity (Wildman–Crippen MR) is 106 cm³/mol. The van der Waals surface area contributed by atoms with Crippen LogP contribution in [0.1, 0.15) is 22.5 Å². The van der Waals surface area contributed by atoms with E-state index in [1.807, 2.05) is 60.7 Å². The molecule has 5 nitrogen and oxygen atoms in total. The molecule has 0 radical (unpaired) electrons. The van der Waals surface area contributed by atoms with Crippen LogP contribution in [-0.2, 0) is 4.79 Å². The van der Waals surface area contributed by atoms with Gasteiger partial charge in [0.1, 0.15) is 15.9 Å². The lowest BCUT2D eigenvalue weighted by atomic mass is 10.1. The van der Waals surface area contributed by atoms with Gasteiger partial charge in [-0.2, -0.15) is 0 Å². The zero-order chi connectivity index (χ0) is 18.6. The van der Waals surface area contributed by atoms with Crippen LogP contribution >= 0.6 is 11.3 Å². The van der Waals surface area contributed by atoms with Crippen molar-refractivity contribution in [2.24, 2.45) is 0 Å². The van der Waals surface area contributed by atoms with Gasteiger partial charge in [-0.05, 0) is 12.8 Å². The lowest BCUT2D eigenvalue weighted by Gasteiger charge is -2.22. The standard InChI is InChI=1S/C21H19N3O2S/c25-19-16(12-7-13-22-19)23-20(26)18-17(14-8-3-1-4-9-14)24-21(27-18)15-10-5-2-6-11-15/h1-6,8-11,16H,7,12-13H2,(H,22,25)(H,23,26). The summed E-state index contributed by atoms with van der Waals surface area (Å²) < 4.78 is 0. The van der Waals surface area contributed by atoms with E-state index in [1.54, 1.807) is 0 Å². The number of piperidine rings is 1. The number of hydrogen-bond donors (Lipinski definition) is 2. The van der Waals surface area contributed by atoms with Gasteiger partial charge in [-0.1, -0.05) is 60.7 Å². The summed E-state index contributed by atoms with van der Waals surface area (Å²) in [6, 6.07) is 19.0. The molecule has 1 aromatic heterocycles. The van der Waals surface area contributed by atoms with E-state index in [9.17, 15) is 9.59 Å². The van der Waals surface area contributed by atoms with E-state index in [-0.39, 0.29) is 11.8 Å². The first-order valence-electron chi connectivity index (χ1n) is 8.92. The Morgan fingerprint density at radius 1 is 1.04 bits per heavy atom. The predicted octanol–water partition coefficient (Wildman–Crippen LogP) is 3.49. The first kappa shape index (κ1) is 17.4. The van der Waals surface area contributed by atoms with Crippen molar-refractivity contribution in [1.29, 1.82) is 0 Å². The van der Waals surface area contributed by atoms with E-state index in [4.69, 9.17) is 4.98 Å². The molecule has 2 heterocycles. The van der Waals surface area contributed by atoms with Crippen molar-refractivity contribution >= 4 is 23.2 Å². The number of carbonyl (C=O) groups excluding carboxylic acids is 2. The topological polar surface area (TPSA) is 71.1 Å². The molecule has 1 fully saturated rings. The van der Waals surface area contributed by atoms with Crippen molar-refractivity contribution in [3.63, 3.8) is 0 Å². The van der Waals surface area contributed by atoms with Crippen LogP contribution in [-0.4, -0.2) is 29.4 Å². The van der Waals surface area contributed by atoms with Crippen molar-refractivity contribution in [2.45, 2.75) is 18.9 Å². The minimum Gasteiger partial charge on any atom is -0.354 e. The summed E-state index contributed by atoms with van der Waals surface area (Å²) in [5.41, 5.74) is 2.50. The van der Waals surface area contributed by atoms with Gasteiger partial charge in [-0.3, -0.25) is 9.59 Å².